The lowest BCUT2D eigenvalue weighted by molar-refractivity contribution is 0.264. The van der Waals surface area contributed by atoms with Crippen molar-refractivity contribution >= 4 is 17.0 Å². The summed E-state index contributed by atoms with van der Waals surface area (Å²) in [6, 6.07) is 0. The summed E-state index contributed by atoms with van der Waals surface area (Å²) in [6.45, 7) is 6.96. The normalized spacial score (nSPS) is 18.3. The van der Waals surface area contributed by atoms with Crippen molar-refractivity contribution in [1.82, 2.24) is 0 Å². The number of hydrogen-bond donors (Lipinski definition) is 1. The van der Waals surface area contributed by atoms with Gasteiger partial charge in [0, 0.05) is 6.42 Å². The molecule has 0 saturated carbocycles. The highest BCUT2D eigenvalue weighted by Gasteiger charge is 2.13. The molecule has 3 nitrogen and oxygen atoms in total. The van der Waals surface area contributed by atoms with E-state index in [0.717, 1.165) is 5.57 Å². The van der Waals surface area contributed by atoms with Gasteiger partial charge < -0.3 is 9.84 Å². The van der Waals surface area contributed by atoms with Crippen molar-refractivity contribution in [3.63, 3.8) is 0 Å². The van der Waals surface area contributed by atoms with Crippen molar-refractivity contribution in [2.24, 2.45) is 4.99 Å². The number of hydrogen-bond acceptors (Lipinski definition) is 4. The van der Waals surface area contributed by atoms with Gasteiger partial charge in [0.05, 0.1) is 6.54 Å². The van der Waals surface area contributed by atoms with Crippen LogP contribution in [-0.2, 0) is 4.74 Å². The predicted octanol–water partition coefficient (Wildman–Crippen LogP) is 1.39. The second kappa shape index (κ2) is 4.52. The molecule has 0 spiro atoms. The summed E-state index contributed by atoms with van der Waals surface area (Å²) in [6.07, 6.45) is 0.590. The fraction of sp³-hybridized carbons (Fsp3) is 0.625. The van der Waals surface area contributed by atoms with Crippen LogP contribution in [-0.4, -0.2) is 28.9 Å². The standard InChI is InChI=1S/C8H13NO2S/c1-6(2)5-7(10)12-8-9-3-4-11-8/h7,10H,1,3-5H2,2H3. The third kappa shape index (κ3) is 3.28. The highest BCUT2D eigenvalue weighted by Crippen LogP contribution is 2.19. The molecule has 0 radical (unpaired) electrons. The summed E-state index contributed by atoms with van der Waals surface area (Å²) in [5.74, 6) is 0. The first-order valence-electron chi connectivity index (χ1n) is 3.85. The minimum atomic E-state index is -0.473. The third-order valence-corrected chi connectivity index (χ3v) is 2.20. The van der Waals surface area contributed by atoms with E-state index >= 15 is 0 Å². The maximum atomic E-state index is 9.42. The Balaban J connectivity index is 2.25. The van der Waals surface area contributed by atoms with Crippen LogP contribution in [0.25, 0.3) is 0 Å². The Morgan fingerprint density at radius 3 is 3.17 bits per heavy atom. The quantitative estimate of drug-likeness (QED) is 0.536. The van der Waals surface area contributed by atoms with Crippen molar-refractivity contribution in [3.05, 3.63) is 12.2 Å². The molecule has 0 amide bonds. The summed E-state index contributed by atoms with van der Waals surface area (Å²) >= 11 is 1.26. The van der Waals surface area contributed by atoms with Crippen LogP contribution in [0.2, 0.25) is 0 Å². The van der Waals surface area contributed by atoms with Crippen molar-refractivity contribution in [2.45, 2.75) is 18.8 Å². The zero-order valence-corrected chi connectivity index (χ0v) is 7.93. The second-order valence-electron chi connectivity index (χ2n) is 2.73. The molecule has 1 atom stereocenters. The van der Waals surface area contributed by atoms with E-state index in [1.165, 1.54) is 11.8 Å². The van der Waals surface area contributed by atoms with E-state index in [0.29, 0.717) is 24.8 Å². The van der Waals surface area contributed by atoms with Gasteiger partial charge >= 0.3 is 0 Å². The first-order valence-corrected chi connectivity index (χ1v) is 4.73. The molecular formula is C8H13NO2S. The summed E-state index contributed by atoms with van der Waals surface area (Å²) in [5, 5.41) is 10.0. The molecule has 68 valence electrons. The summed E-state index contributed by atoms with van der Waals surface area (Å²) < 4.78 is 5.13. The van der Waals surface area contributed by atoms with Gasteiger partial charge in [-0.1, -0.05) is 5.57 Å². The summed E-state index contributed by atoms with van der Waals surface area (Å²) in [5.41, 5.74) is 0.493. The van der Waals surface area contributed by atoms with Crippen LogP contribution in [0.5, 0.6) is 0 Å². The van der Waals surface area contributed by atoms with Gasteiger partial charge in [0.15, 0.2) is 0 Å². The maximum absolute atomic E-state index is 9.42. The van der Waals surface area contributed by atoms with Crippen LogP contribution in [0.4, 0.5) is 0 Å². The van der Waals surface area contributed by atoms with E-state index in [-0.39, 0.29) is 0 Å². The molecule has 1 heterocycles. The van der Waals surface area contributed by atoms with Crippen LogP contribution in [0.1, 0.15) is 13.3 Å². The van der Waals surface area contributed by atoms with Gasteiger partial charge in [0.25, 0.3) is 0 Å². The molecule has 0 fully saturated rings. The predicted molar refractivity (Wildman–Crippen MR) is 51.3 cm³/mol. The molecule has 4 heteroatoms. The molecule has 0 aromatic rings. The van der Waals surface area contributed by atoms with Crippen molar-refractivity contribution in [2.75, 3.05) is 13.2 Å². The number of rotatable bonds is 3. The smallest absolute Gasteiger partial charge is 0.248 e. The molecule has 0 bridgehead atoms. The molecule has 0 aromatic carbocycles. The Kier molecular flexibility index (Phi) is 3.62. The molecule has 12 heavy (non-hydrogen) atoms. The maximum Gasteiger partial charge on any atom is 0.248 e. The van der Waals surface area contributed by atoms with Gasteiger partial charge in [-0.25, -0.2) is 4.99 Å². The molecule has 1 aliphatic rings. The van der Waals surface area contributed by atoms with E-state index in [4.69, 9.17) is 4.74 Å². The van der Waals surface area contributed by atoms with Crippen LogP contribution < -0.4 is 0 Å². The zero-order chi connectivity index (χ0) is 8.97. The van der Waals surface area contributed by atoms with Crippen molar-refractivity contribution in [3.8, 4) is 0 Å². The Labute approximate surface area is 76.5 Å². The first kappa shape index (κ1) is 9.61. The largest absolute Gasteiger partial charge is 0.471 e. The molecular weight excluding hydrogens is 174 g/mol. The van der Waals surface area contributed by atoms with Gasteiger partial charge in [-0.05, 0) is 18.7 Å². The zero-order valence-electron chi connectivity index (χ0n) is 7.12. The van der Waals surface area contributed by atoms with Crippen LogP contribution in [0, 0.1) is 0 Å². The number of nitrogens with zero attached hydrogens (tertiary/aromatic N) is 1. The molecule has 0 aromatic heterocycles. The molecule has 0 saturated heterocycles. The van der Waals surface area contributed by atoms with Crippen LogP contribution in [0.3, 0.4) is 0 Å². The van der Waals surface area contributed by atoms with Gasteiger partial charge in [-0.3, -0.25) is 0 Å². The minimum absolute atomic E-state index is 0.473. The lowest BCUT2D eigenvalue weighted by Crippen LogP contribution is -2.06. The molecule has 0 aliphatic carbocycles. The minimum Gasteiger partial charge on any atom is -0.471 e. The Morgan fingerprint density at radius 2 is 2.67 bits per heavy atom. The number of aliphatic hydroxyl groups excluding tert-OH is 1. The van der Waals surface area contributed by atoms with Gasteiger partial charge in [0.1, 0.15) is 12.0 Å². The monoisotopic (exact) mass is 187 g/mol. The highest BCUT2D eigenvalue weighted by molar-refractivity contribution is 8.13. The second-order valence-corrected chi connectivity index (χ2v) is 3.86. The fourth-order valence-electron chi connectivity index (χ4n) is 0.843. The molecule has 1 aliphatic heterocycles. The SMILES string of the molecule is C=C(C)CC(O)SC1=NCCO1. The number of thioether (sulfide) groups is 1. The Bertz CT molecular complexity index is 203. The van der Waals surface area contributed by atoms with Gasteiger partial charge in [-0.2, -0.15) is 0 Å². The van der Waals surface area contributed by atoms with Crippen LogP contribution >= 0.6 is 11.8 Å². The highest BCUT2D eigenvalue weighted by atomic mass is 32.2. The number of aliphatic imine (C=N–C) groups is 1. The van der Waals surface area contributed by atoms with Crippen molar-refractivity contribution in [1.29, 1.82) is 0 Å². The fourth-order valence-corrected chi connectivity index (χ4v) is 1.76. The number of aliphatic hydroxyl groups is 1. The molecule has 1 unspecified atom stereocenters. The lowest BCUT2D eigenvalue weighted by atomic mass is 10.3. The third-order valence-electron chi connectivity index (χ3n) is 1.32. The van der Waals surface area contributed by atoms with E-state index in [1.807, 2.05) is 6.92 Å². The summed E-state index contributed by atoms with van der Waals surface area (Å²) in [4.78, 5) is 4.05. The topological polar surface area (TPSA) is 41.8 Å². The van der Waals surface area contributed by atoms with Crippen molar-refractivity contribution < 1.29 is 9.84 Å². The molecule has 1 N–H and O–H groups in total. The van der Waals surface area contributed by atoms with Crippen LogP contribution in [0.15, 0.2) is 17.1 Å². The molecule has 1 rings (SSSR count). The Hall–Kier alpha value is -0.480. The first-order chi connectivity index (χ1) is 5.68. The van der Waals surface area contributed by atoms with Gasteiger partial charge in [-0.15, -0.1) is 6.58 Å². The van der Waals surface area contributed by atoms with E-state index in [2.05, 4.69) is 11.6 Å². The number of ether oxygens (including phenoxy) is 1. The van der Waals surface area contributed by atoms with E-state index in [9.17, 15) is 5.11 Å². The average molecular weight is 187 g/mol. The summed E-state index contributed by atoms with van der Waals surface area (Å²) in [7, 11) is 0. The lowest BCUT2D eigenvalue weighted by Gasteiger charge is -2.08. The van der Waals surface area contributed by atoms with E-state index in [1.54, 1.807) is 0 Å². The average Bonchev–Trinajstić information content (AvgIpc) is 2.37. The van der Waals surface area contributed by atoms with E-state index < -0.39 is 5.44 Å². The van der Waals surface area contributed by atoms with Gasteiger partial charge in [0.2, 0.25) is 5.23 Å². The Morgan fingerprint density at radius 1 is 1.92 bits per heavy atom.